The average molecular weight is 430 g/mol. The molecule has 0 bridgehead atoms. The Bertz CT molecular complexity index is 1130. The third kappa shape index (κ3) is 4.17. The summed E-state index contributed by atoms with van der Waals surface area (Å²) in [4.78, 5) is 28.8. The first-order valence-corrected chi connectivity index (χ1v) is 10.1. The summed E-state index contributed by atoms with van der Waals surface area (Å²) in [5, 5.41) is 6.80. The number of halogens is 3. The van der Waals surface area contributed by atoms with Crippen molar-refractivity contribution in [2.75, 3.05) is 0 Å². The van der Waals surface area contributed by atoms with E-state index in [1.807, 2.05) is 0 Å². The van der Waals surface area contributed by atoms with Gasteiger partial charge in [0.1, 0.15) is 17.9 Å². The summed E-state index contributed by atoms with van der Waals surface area (Å²) in [6, 6.07) is 4.63. The number of hydrogen-bond acceptors (Lipinski definition) is 4. The number of nitrogens with zero attached hydrogens (tertiary/aromatic N) is 3. The molecule has 1 aliphatic carbocycles. The van der Waals surface area contributed by atoms with Gasteiger partial charge in [0.2, 0.25) is 0 Å². The second-order valence-electron chi connectivity index (χ2n) is 7.77. The molecule has 9 heteroatoms. The molecule has 2 heterocycles. The molecule has 0 saturated heterocycles. The predicted octanol–water partition coefficient (Wildman–Crippen LogP) is 4.52. The van der Waals surface area contributed by atoms with Crippen LogP contribution in [-0.4, -0.2) is 26.3 Å². The number of benzene rings is 1. The maximum Gasteiger partial charge on any atom is 0.266 e. The number of rotatable bonds is 5. The number of fused-ring (bicyclic) bond motifs is 1. The van der Waals surface area contributed by atoms with Gasteiger partial charge in [-0.05, 0) is 31.7 Å². The number of carbonyl (C=O) groups is 2. The van der Waals surface area contributed by atoms with Gasteiger partial charge < -0.3 is 5.32 Å². The Morgan fingerprint density at radius 1 is 1.23 bits per heavy atom. The van der Waals surface area contributed by atoms with Gasteiger partial charge in [-0.3, -0.25) is 9.59 Å². The molecule has 1 aliphatic rings. The van der Waals surface area contributed by atoms with Gasteiger partial charge in [0, 0.05) is 30.2 Å². The Hall–Kier alpha value is -3.23. The van der Waals surface area contributed by atoms with Crippen LogP contribution in [0.2, 0.25) is 0 Å². The first-order valence-electron chi connectivity index (χ1n) is 10.1. The molecular weight excluding hydrogens is 409 g/mol. The summed E-state index contributed by atoms with van der Waals surface area (Å²) in [5.41, 5.74) is 1.04. The maximum absolute atomic E-state index is 14.5. The molecule has 2 aromatic heterocycles. The number of ketones is 1. The molecule has 1 atom stereocenters. The van der Waals surface area contributed by atoms with E-state index >= 15 is 0 Å². The molecular formula is C22H21F3N4O2. The fourth-order valence-electron chi connectivity index (χ4n) is 4.06. The van der Waals surface area contributed by atoms with Crippen LogP contribution in [0.25, 0.3) is 5.65 Å². The van der Waals surface area contributed by atoms with Gasteiger partial charge in [-0.2, -0.15) is 5.10 Å². The molecule has 4 rings (SSSR count). The molecule has 0 aliphatic heterocycles. The number of Topliss-reactive ketones (excluding diaryl/α,β-unsaturated/α-hetero) is 1. The average Bonchev–Trinajstić information content (AvgIpc) is 3.22. The summed E-state index contributed by atoms with van der Waals surface area (Å²) >= 11 is 0. The molecule has 0 radical (unpaired) electrons. The first-order chi connectivity index (χ1) is 14.8. The number of pyridine rings is 1. The topological polar surface area (TPSA) is 76.4 Å². The van der Waals surface area contributed by atoms with Crippen molar-refractivity contribution >= 4 is 17.3 Å². The van der Waals surface area contributed by atoms with E-state index in [1.54, 1.807) is 6.07 Å². The molecule has 1 fully saturated rings. The maximum atomic E-state index is 14.5. The van der Waals surface area contributed by atoms with E-state index in [9.17, 15) is 22.8 Å². The molecule has 3 aromatic rings. The molecule has 0 spiro atoms. The second-order valence-corrected chi connectivity index (χ2v) is 7.77. The lowest BCUT2D eigenvalue weighted by atomic mass is 9.83. The lowest BCUT2D eigenvalue weighted by Crippen LogP contribution is -2.28. The lowest BCUT2D eigenvalue weighted by molar-refractivity contribution is -0.120. The predicted molar refractivity (Wildman–Crippen MR) is 106 cm³/mol. The van der Waals surface area contributed by atoms with Crippen molar-refractivity contribution in [3.8, 4) is 0 Å². The minimum absolute atomic E-state index is 0.0148. The Balaban J connectivity index is 1.61. The summed E-state index contributed by atoms with van der Waals surface area (Å²) in [7, 11) is 0. The highest BCUT2D eigenvalue weighted by molar-refractivity contribution is 5.95. The number of carbonyl (C=O) groups excluding carboxylic acids is 2. The van der Waals surface area contributed by atoms with Gasteiger partial charge >= 0.3 is 0 Å². The van der Waals surface area contributed by atoms with Crippen molar-refractivity contribution in [2.24, 2.45) is 0 Å². The normalized spacial score (nSPS) is 16.1. The minimum Gasteiger partial charge on any atom is -0.345 e. The van der Waals surface area contributed by atoms with Crippen LogP contribution in [0.15, 0.2) is 36.8 Å². The zero-order valence-electron chi connectivity index (χ0n) is 16.8. The van der Waals surface area contributed by atoms with Crippen LogP contribution < -0.4 is 5.32 Å². The summed E-state index contributed by atoms with van der Waals surface area (Å²) in [5.74, 6) is -1.20. The number of amides is 1. The molecule has 1 amide bonds. The zero-order chi connectivity index (χ0) is 22.1. The molecule has 1 saturated carbocycles. The van der Waals surface area contributed by atoms with Crippen LogP contribution in [0.1, 0.15) is 78.0 Å². The Labute approximate surface area is 176 Å². The number of hydrogen-bond donors (Lipinski definition) is 1. The third-order valence-electron chi connectivity index (χ3n) is 5.76. The Kier molecular flexibility index (Phi) is 5.75. The van der Waals surface area contributed by atoms with Crippen molar-refractivity contribution < 1.29 is 22.8 Å². The SMILES string of the molecule is C[C@@H](NC(=O)c1cc(C2CCC(=O)CC2)c2ncnn2c1)c1cccc(C(F)F)c1F. The fourth-order valence-corrected chi connectivity index (χ4v) is 4.06. The van der Waals surface area contributed by atoms with Gasteiger partial charge in [-0.25, -0.2) is 22.7 Å². The monoisotopic (exact) mass is 430 g/mol. The smallest absolute Gasteiger partial charge is 0.266 e. The third-order valence-corrected chi connectivity index (χ3v) is 5.76. The second kappa shape index (κ2) is 8.49. The van der Waals surface area contributed by atoms with Crippen LogP contribution in [0.4, 0.5) is 13.2 Å². The first kappa shape index (κ1) is 21.0. The molecule has 1 N–H and O–H groups in total. The molecule has 162 valence electrons. The van der Waals surface area contributed by atoms with Crippen molar-refractivity contribution in [2.45, 2.75) is 51.0 Å². The van der Waals surface area contributed by atoms with E-state index in [0.717, 1.165) is 11.6 Å². The van der Waals surface area contributed by atoms with E-state index in [2.05, 4.69) is 15.4 Å². The molecule has 6 nitrogen and oxygen atoms in total. The van der Waals surface area contributed by atoms with E-state index in [4.69, 9.17) is 0 Å². The van der Waals surface area contributed by atoms with Crippen LogP contribution >= 0.6 is 0 Å². The van der Waals surface area contributed by atoms with Crippen LogP contribution in [-0.2, 0) is 4.79 Å². The van der Waals surface area contributed by atoms with E-state index in [1.165, 1.54) is 36.1 Å². The van der Waals surface area contributed by atoms with Crippen molar-refractivity contribution in [3.05, 3.63) is 64.9 Å². The zero-order valence-corrected chi connectivity index (χ0v) is 16.8. The quantitative estimate of drug-likeness (QED) is 0.646. The van der Waals surface area contributed by atoms with E-state index in [0.29, 0.717) is 36.9 Å². The fraction of sp³-hybridized carbons (Fsp3) is 0.364. The van der Waals surface area contributed by atoms with Crippen molar-refractivity contribution in [3.63, 3.8) is 0 Å². The molecule has 1 aromatic carbocycles. The Morgan fingerprint density at radius 2 is 1.94 bits per heavy atom. The summed E-state index contributed by atoms with van der Waals surface area (Å²) < 4.78 is 41.9. The van der Waals surface area contributed by atoms with Gasteiger partial charge in [-0.15, -0.1) is 0 Å². The summed E-state index contributed by atoms with van der Waals surface area (Å²) in [6.07, 6.45) is 2.29. The highest BCUT2D eigenvalue weighted by atomic mass is 19.3. The van der Waals surface area contributed by atoms with Crippen LogP contribution in [0.5, 0.6) is 0 Å². The molecule has 0 unspecified atom stereocenters. The van der Waals surface area contributed by atoms with E-state index in [-0.39, 0.29) is 17.3 Å². The summed E-state index contributed by atoms with van der Waals surface area (Å²) in [6.45, 7) is 1.53. The van der Waals surface area contributed by atoms with Crippen LogP contribution in [0, 0.1) is 5.82 Å². The standard InChI is InChI=1S/C22H21F3N4O2/c1-12(16-3-2-4-17(19(16)23)20(24)25)28-22(31)14-9-18(13-5-7-15(30)8-6-13)21-26-11-27-29(21)10-14/h2-4,9-13,20H,5-8H2,1H3,(H,28,31)/t12-/m1/s1. The van der Waals surface area contributed by atoms with Crippen molar-refractivity contribution in [1.82, 2.24) is 19.9 Å². The van der Waals surface area contributed by atoms with Gasteiger partial charge in [0.25, 0.3) is 12.3 Å². The number of nitrogens with one attached hydrogen (secondary N) is 1. The Morgan fingerprint density at radius 3 is 2.65 bits per heavy atom. The highest BCUT2D eigenvalue weighted by Crippen LogP contribution is 2.34. The van der Waals surface area contributed by atoms with Gasteiger partial charge in [0.15, 0.2) is 5.65 Å². The lowest BCUT2D eigenvalue weighted by Gasteiger charge is -2.22. The van der Waals surface area contributed by atoms with Gasteiger partial charge in [0.05, 0.1) is 17.2 Å². The van der Waals surface area contributed by atoms with Crippen molar-refractivity contribution in [1.29, 1.82) is 0 Å². The van der Waals surface area contributed by atoms with Crippen LogP contribution in [0.3, 0.4) is 0 Å². The van der Waals surface area contributed by atoms with E-state index < -0.39 is 29.8 Å². The minimum atomic E-state index is -2.94. The molecule has 31 heavy (non-hydrogen) atoms. The number of aromatic nitrogens is 3. The highest BCUT2D eigenvalue weighted by Gasteiger charge is 2.25. The number of alkyl halides is 2. The largest absolute Gasteiger partial charge is 0.345 e. The van der Waals surface area contributed by atoms with Gasteiger partial charge in [-0.1, -0.05) is 18.2 Å².